The second-order valence-electron chi connectivity index (χ2n) is 17.3. The lowest BCUT2D eigenvalue weighted by atomic mass is 9.44. The Morgan fingerprint density at radius 1 is 0.883 bits per heavy atom. The van der Waals surface area contributed by atoms with Gasteiger partial charge in [-0.2, -0.15) is 0 Å². The second-order valence-corrected chi connectivity index (χ2v) is 17.3. The number of nitrogens with one attached hydrogen (secondary N) is 1. The summed E-state index contributed by atoms with van der Waals surface area (Å²) < 4.78 is 35.6. The van der Waals surface area contributed by atoms with Crippen molar-refractivity contribution in [3.63, 3.8) is 0 Å². The van der Waals surface area contributed by atoms with Crippen LogP contribution in [0.25, 0.3) is 0 Å². The fraction of sp³-hybridized carbons (Fsp3) is 0.568. The third-order valence-electron chi connectivity index (χ3n) is 13.0. The van der Waals surface area contributed by atoms with Crippen molar-refractivity contribution in [3.8, 4) is 0 Å². The number of carbonyl (C=O) groups is 5. The van der Waals surface area contributed by atoms with Crippen LogP contribution < -0.4 is 5.32 Å². The van der Waals surface area contributed by atoms with Crippen molar-refractivity contribution >= 4 is 30.0 Å². The largest absolute Gasteiger partial charge is 0.456 e. The molecule has 5 N–H and O–H groups in total. The molecule has 1 heterocycles. The lowest BCUT2D eigenvalue weighted by Crippen LogP contribution is -2.82. The van der Waals surface area contributed by atoms with Crippen LogP contribution in [0.15, 0.2) is 71.8 Å². The molecule has 3 aliphatic carbocycles. The molecule has 1 amide bonds. The van der Waals surface area contributed by atoms with Gasteiger partial charge in [-0.25, -0.2) is 14.4 Å². The predicted octanol–water partition coefficient (Wildman–Crippen LogP) is 3.23. The van der Waals surface area contributed by atoms with Crippen molar-refractivity contribution in [1.29, 1.82) is 0 Å². The molecule has 60 heavy (non-hydrogen) atoms. The first kappa shape index (κ1) is 44.7. The van der Waals surface area contributed by atoms with Gasteiger partial charge in [0.2, 0.25) is 0 Å². The number of amides is 1. The van der Waals surface area contributed by atoms with Gasteiger partial charge in [-0.05, 0) is 49.6 Å². The first-order chi connectivity index (χ1) is 28.1. The maximum Gasteiger partial charge on any atom is 0.407 e. The second kappa shape index (κ2) is 16.5. The van der Waals surface area contributed by atoms with Crippen LogP contribution in [0.2, 0.25) is 0 Å². The normalized spacial score (nSPS) is 33.9. The monoisotopic (exact) mass is 837 g/mol. The lowest BCUT2D eigenvalue weighted by Gasteiger charge is -2.69. The summed E-state index contributed by atoms with van der Waals surface area (Å²) in [5, 5.41) is 52.6. The number of carbonyl (C=O) groups excluding carboxylic acids is 5. The van der Waals surface area contributed by atoms with Gasteiger partial charge in [0.1, 0.15) is 30.0 Å². The third-order valence-corrected chi connectivity index (χ3v) is 13.0. The maximum absolute atomic E-state index is 14.2. The number of hydrogen-bond donors (Lipinski definition) is 5. The quantitative estimate of drug-likeness (QED) is 0.131. The number of alkyl carbamates (subject to hydrolysis) is 1. The van der Waals surface area contributed by atoms with Gasteiger partial charge in [0.15, 0.2) is 17.8 Å². The van der Waals surface area contributed by atoms with Crippen molar-refractivity contribution in [2.45, 2.75) is 134 Å². The van der Waals surface area contributed by atoms with E-state index in [9.17, 15) is 44.4 Å². The van der Waals surface area contributed by atoms with Gasteiger partial charge in [0.25, 0.3) is 0 Å². The van der Waals surface area contributed by atoms with Crippen molar-refractivity contribution in [2.24, 2.45) is 16.7 Å². The van der Waals surface area contributed by atoms with E-state index in [-0.39, 0.29) is 29.7 Å². The Bertz CT molecular complexity index is 2000. The Morgan fingerprint density at radius 2 is 1.50 bits per heavy atom. The molecule has 2 aromatic rings. The lowest BCUT2D eigenvalue weighted by molar-refractivity contribution is -0.365. The SMILES string of the molecule is CC(=O)O[C@@H]1C2=C(C)[C@@H](OC(=O)[C@H](O)[C@@H](NC(=O)OC(C)C)c3ccccc3)C[C@@](O)([C@@H](OC(=O)c3ccccc3)[C@@H]3[C@]4(OC(C)=O)CO[C@@H]4C[C@H](O)[C@@]3(C)[C@H]1O)C2(C)C. The van der Waals surface area contributed by atoms with Gasteiger partial charge in [0.05, 0.1) is 36.3 Å². The van der Waals surface area contributed by atoms with E-state index in [4.69, 9.17) is 28.4 Å². The zero-order valence-electron chi connectivity index (χ0n) is 34.9. The van der Waals surface area contributed by atoms with Crippen molar-refractivity contribution in [1.82, 2.24) is 5.32 Å². The molecule has 0 aromatic heterocycles. The molecule has 4 aliphatic rings. The number of ether oxygens (including phenoxy) is 6. The summed E-state index contributed by atoms with van der Waals surface area (Å²) in [6.45, 7) is 11.5. The molecular formula is C44H55NO15. The smallest absolute Gasteiger partial charge is 0.407 e. The topological polar surface area (TPSA) is 234 Å². The number of rotatable bonds is 10. The fourth-order valence-corrected chi connectivity index (χ4v) is 9.99. The van der Waals surface area contributed by atoms with Crippen LogP contribution in [0, 0.1) is 16.7 Å². The summed E-state index contributed by atoms with van der Waals surface area (Å²) in [5.41, 5.74) is -6.79. The highest BCUT2D eigenvalue weighted by Gasteiger charge is 2.78. The Kier molecular flexibility index (Phi) is 12.3. The van der Waals surface area contributed by atoms with Crippen molar-refractivity contribution in [2.75, 3.05) is 6.61 Å². The van der Waals surface area contributed by atoms with Crippen LogP contribution in [0.3, 0.4) is 0 Å². The fourth-order valence-electron chi connectivity index (χ4n) is 9.99. The van der Waals surface area contributed by atoms with Gasteiger partial charge >= 0.3 is 30.0 Å². The standard InChI is InChI=1S/C44H55NO15/c1-22(2)56-40(53)45-32(26-15-11-9-12-16-26)33(49)39(52)58-28-20-44(54)37(59-38(51)27-17-13-10-14-18-27)35-42(8,29(48)19-30-43(35,21-55-30)60-25(5)47)36(50)34(57-24(4)46)31(23(28)3)41(44,6)7/h9-18,22,28-30,32-37,48-50,54H,19-21H2,1-8H3,(H,45,53)/t28-,29-,30+,32-,33+,34+,35-,36-,37-,42+,43-,44+/m0/s1. The zero-order chi connectivity index (χ0) is 44.1. The van der Waals surface area contributed by atoms with E-state index in [0.29, 0.717) is 5.56 Å². The summed E-state index contributed by atoms with van der Waals surface area (Å²) >= 11 is 0. The molecule has 12 atom stereocenters. The molecule has 16 nitrogen and oxygen atoms in total. The van der Waals surface area contributed by atoms with E-state index in [1.54, 1.807) is 83.1 Å². The van der Waals surface area contributed by atoms with E-state index in [2.05, 4.69) is 5.32 Å². The van der Waals surface area contributed by atoms with Crippen molar-refractivity contribution in [3.05, 3.63) is 82.9 Å². The Hall–Kier alpha value is -4.87. The zero-order valence-corrected chi connectivity index (χ0v) is 34.9. The highest BCUT2D eigenvalue weighted by atomic mass is 16.6. The number of aliphatic hydroxyl groups is 4. The van der Waals surface area contributed by atoms with E-state index in [0.717, 1.165) is 6.92 Å². The third kappa shape index (κ3) is 7.57. The molecular weight excluding hydrogens is 782 g/mol. The summed E-state index contributed by atoms with van der Waals surface area (Å²) in [5.74, 6) is -5.19. The van der Waals surface area contributed by atoms with Gasteiger partial charge in [0, 0.05) is 37.5 Å². The van der Waals surface area contributed by atoms with E-state index in [1.165, 1.54) is 26.0 Å². The molecule has 0 spiro atoms. The van der Waals surface area contributed by atoms with Crippen LogP contribution in [0.5, 0.6) is 0 Å². The Balaban J connectivity index is 1.54. The van der Waals surface area contributed by atoms with Crippen LogP contribution in [-0.4, -0.2) is 117 Å². The van der Waals surface area contributed by atoms with Gasteiger partial charge in [-0.3, -0.25) is 9.59 Å². The number of hydrogen-bond acceptors (Lipinski definition) is 15. The van der Waals surface area contributed by atoms with Crippen LogP contribution in [-0.2, 0) is 42.8 Å². The molecule has 0 unspecified atom stereocenters. The number of fused-ring (bicyclic) bond motifs is 5. The first-order valence-electron chi connectivity index (χ1n) is 20.0. The molecule has 2 aromatic carbocycles. The summed E-state index contributed by atoms with van der Waals surface area (Å²) in [6, 6.07) is 14.7. The highest BCUT2D eigenvalue weighted by molar-refractivity contribution is 5.89. The van der Waals surface area contributed by atoms with Gasteiger partial charge in [-0.15, -0.1) is 0 Å². The van der Waals surface area contributed by atoms with Gasteiger partial charge in [-0.1, -0.05) is 69.3 Å². The van der Waals surface area contributed by atoms with Crippen LogP contribution in [0.4, 0.5) is 4.79 Å². The molecule has 1 saturated heterocycles. The Morgan fingerprint density at radius 3 is 2.05 bits per heavy atom. The summed E-state index contributed by atoms with van der Waals surface area (Å²) in [6.07, 6.45) is -13.3. The van der Waals surface area contributed by atoms with Crippen molar-refractivity contribution < 1.29 is 72.8 Å². The molecule has 6 rings (SSSR count). The number of esters is 4. The molecule has 16 heteroatoms. The number of aliphatic hydroxyl groups excluding tert-OH is 3. The van der Waals surface area contributed by atoms with Crippen LogP contribution in [0.1, 0.15) is 90.2 Å². The van der Waals surface area contributed by atoms with Gasteiger partial charge < -0.3 is 54.2 Å². The molecule has 2 saturated carbocycles. The minimum Gasteiger partial charge on any atom is -0.456 e. The Labute approximate surface area is 348 Å². The summed E-state index contributed by atoms with van der Waals surface area (Å²) in [7, 11) is 0. The molecule has 326 valence electrons. The average molecular weight is 838 g/mol. The minimum atomic E-state index is -2.35. The predicted molar refractivity (Wildman–Crippen MR) is 210 cm³/mol. The number of benzene rings is 2. The molecule has 2 bridgehead atoms. The van der Waals surface area contributed by atoms with E-state index >= 15 is 0 Å². The van der Waals surface area contributed by atoms with Crippen LogP contribution >= 0.6 is 0 Å². The highest BCUT2D eigenvalue weighted by Crippen LogP contribution is 2.65. The van der Waals surface area contributed by atoms with E-state index in [1.807, 2.05) is 0 Å². The summed E-state index contributed by atoms with van der Waals surface area (Å²) in [4.78, 5) is 67.2. The van der Waals surface area contributed by atoms with E-state index < -0.39 is 119 Å². The average Bonchev–Trinajstić information content (AvgIpc) is 3.17. The molecule has 3 fully saturated rings. The maximum atomic E-state index is 14.2. The molecule has 0 radical (unpaired) electrons. The first-order valence-corrected chi connectivity index (χ1v) is 20.0. The minimum absolute atomic E-state index is 0.0876. The molecule has 1 aliphatic heterocycles.